The molecule has 0 aromatic heterocycles. The number of hydrogen-bond acceptors (Lipinski definition) is 6. The number of carbonyl (C=O) groups excluding carboxylic acids is 3. The molecule has 0 spiro atoms. The lowest BCUT2D eigenvalue weighted by molar-refractivity contribution is -0.146. The zero-order valence-corrected chi connectivity index (χ0v) is 18.2. The molecular weight excluding hydrogens is 488 g/mol. The lowest BCUT2D eigenvalue weighted by atomic mass is 10.0. The van der Waals surface area contributed by atoms with Gasteiger partial charge in [-0.05, 0) is 30.2 Å². The van der Waals surface area contributed by atoms with Crippen molar-refractivity contribution in [2.24, 2.45) is 5.92 Å². The third-order valence-corrected chi connectivity index (χ3v) is 4.44. The van der Waals surface area contributed by atoms with Crippen LogP contribution in [0, 0.1) is 17.6 Å². The molecule has 190 valence electrons. The molecule has 0 saturated heterocycles. The zero-order chi connectivity index (χ0) is 26.3. The van der Waals surface area contributed by atoms with E-state index in [1.165, 1.54) is 13.8 Å². The summed E-state index contributed by atoms with van der Waals surface area (Å²) in [5.74, 6) is -7.81. The number of benzene rings is 2. The number of carbonyl (C=O) groups is 3. The van der Waals surface area contributed by atoms with Gasteiger partial charge in [0.2, 0.25) is 5.78 Å². The Morgan fingerprint density at radius 2 is 1.51 bits per heavy atom. The number of ether oxygens (including phenoxy) is 3. The van der Waals surface area contributed by atoms with Crippen LogP contribution in [0.4, 0.5) is 26.3 Å². The molecule has 35 heavy (non-hydrogen) atoms. The van der Waals surface area contributed by atoms with E-state index in [0.29, 0.717) is 6.07 Å². The monoisotopic (exact) mass is 507 g/mol. The summed E-state index contributed by atoms with van der Waals surface area (Å²) < 4.78 is 90.9. The molecule has 2 rings (SSSR count). The van der Waals surface area contributed by atoms with E-state index >= 15 is 0 Å². The summed E-state index contributed by atoms with van der Waals surface area (Å²) >= 11 is 0. The number of amides is 1. The summed E-state index contributed by atoms with van der Waals surface area (Å²) in [5, 5.41) is 2.12. The van der Waals surface area contributed by atoms with Crippen LogP contribution < -0.4 is 14.8 Å². The van der Waals surface area contributed by atoms with Crippen LogP contribution in [0.5, 0.6) is 11.5 Å². The Kier molecular flexibility index (Phi) is 9.49. The van der Waals surface area contributed by atoms with Gasteiger partial charge in [-0.1, -0.05) is 19.9 Å². The molecule has 0 unspecified atom stereocenters. The molecule has 13 heteroatoms. The summed E-state index contributed by atoms with van der Waals surface area (Å²) in [4.78, 5) is 37.2. The third-order valence-electron chi connectivity index (χ3n) is 4.44. The van der Waals surface area contributed by atoms with Crippen molar-refractivity contribution in [1.29, 1.82) is 0 Å². The van der Waals surface area contributed by atoms with Crippen LogP contribution in [0.15, 0.2) is 36.4 Å². The van der Waals surface area contributed by atoms with Crippen molar-refractivity contribution in [2.75, 3.05) is 6.61 Å². The number of alkyl halides is 4. The maximum atomic E-state index is 13.8. The van der Waals surface area contributed by atoms with Crippen LogP contribution in [0.2, 0.25) is 0 Å². The van der Waals surface area contributed by atoms with Gasteiger partial charge in [-0.2, -0.15) is 17.6 Å². The topological polar surface area (TPSA) is 90.9 Å². The second-order valence-electron chi connectivity index (χ2n) is 7.24. The smallest absolute Gasteiger partial charge is 0.387 e. The van der Waals surface area contributed by atoms with Crippen molar-refractivity contribution in [3.05, 3.63) is 59.2 Å². The van der Waals surface area contributed by atoms with Crippen molar-refractivity contribution >= 4 is 17.7 Å². The van der Waals surface area contributed by atoms with Crippen LogP contribution in [0.3, 0.4) is 0 Å². The van der Waals surface area contributed by atoms with E-state index in [4.69, 9.17) is 4.74 Å². The van der Waals surface area contributed by atoms with E-state index in [2.05, 4.69) is 14.8 Å². The first-order valence-corrected chi connectivity index (χ1v) is 9.89. The SMILES string of the molecule is CC(C)[C@H](NC(=O)c1c(F)cccc1F)C(=O)OCC(=O)c1ccc(OC(F)F)cc1OC(F)F. The molecule has 1 atom stereocenters. The summed E-state index contributed by atoms with van der Waals surface area (Å²) in [6.07, 6.45) is 0. The molecule has 7 nitrogen and oxygen atoms in total. The van der Waals surface area contributed by atoms with Gasteiger partial charge in [-0.25, -0.2) is 13.6 Å². The Bertz CT molecular complexity index is 1060. The van der Waals surface area contributed by atoms with E-state index in [1.54, 1.807) is 0 Å². The second kappa shape index (κ2) is 12.1. The van der Waals surface area contributed by atoms with Crippen molar-refractivity contribution in [2.45, 2.75) is 33.1 Å². The lowest BCUT2D eigenvalue weighted by Crippen LogP contribution is -2.46. The van der Waals surface area contributed by atoms with Gasteiger partial charge >= 0.3 is 19.2 Å². The average Bonchev–Trinajstić information content (AvgIpc) is 2.74. The molecule has 0 aliphatic carbocycles. The van der Waals surface area contributed by atoms with Crippen LogP contribution in [-0.4, -0.2) is 43.5 Å². The van der Waals surface area contributed by atoms with Gasteiger partial charge in [0, 0.05) is 6.07 Å². The van der Waals surface area contributed by atoms with Crippen molar-refractivity contribution in [3.8, 4) is 11.5 Å². The number of halogens is 6. The highest BCUT2D eigenvalue weighted by molar-refractivity contribution is 6.01. The Morgan fingerprint density at radius 1 is 0.914 bits per heavy atom. The Balaban J connectivity index is 2.14. The quantitative estimate of drug-likeness (QED) is 0.276. The minimum atomic E-state index is -3.41. The minimum absolute atomic E-state index is 0.529. The molecule has 0 bridgehead atoms. The van der Waals surface area contributed by atoms with Crippen LogP contribution in [0.1, 0.15) is 34.6 Å². The molecule has 0 heterocycles. The highest BCUT2D eigenvalue weighted by atomic mass is 19.3. The second-order valence-corrected chi connectivity index (χ2v) is 7.24. The molecule has 0 saturated carbocycles. The Labute approximate surface area is 195 Å². The van der Waals surface area contributed by atoms with E-state index in [1.807, 2.05) is 0 Å². The first-order chi connectivity index (χ1) is 16.4. The fourth-order valence-corrected chi connectivity index (χ4v) is 2.83. The minimum Gasteiger partial charge on any atom is -0.456 e. The summed E-state index contributed by atoms with van der Waals surface area (Å²) in [6.45, 7) is -4.74. The molecule has 1 N–H and O–H groups in total. The predicted octanol–water partition coefficient (Wildman–Crippen LogP) is 4.35. The molecule has 0 aliphatic heterocycles. The number of nitrogens with one attached hydrogen (secondary N) is 1. The number of esters is 1. The number of Topliss-reactive ketones (excluding diaryl/α,β-unsaturated/α-hetero) is 1. The van der Waals surface area contributed by atoms with Crippen LogP contribution >= 0.6 is 0 Å². The lowest BCUT2D eigenvalue weighted by Gasteiger charge is -2.21. The van der Waals surface area contributed by atoms with Gasteiger partial charge in [0.05, 0.1) is 5.56 Å². The van der Waals surface area contributed by atoms with E-state index in [9.17, 15) is 40.7 Å². The number of rotatable bonds is 11. The predicted molar refractivity (Wildman–Crippen MR) is 107 cm³/mol. The Morgan fingerprint density at radius 3 is 2.06 bits per heavy atom. The van der Waals surface area contributed by atoms with Gasteiger partial charge in [-0.3, -0.25) is 9.59 Å². The van der Waals surface area contributed by atoms with Crippen LogP contribution in [0.25, 0.3) is 0 Å². The van der Waals surface area contributed by atoms with E-state index in [0.717, 1.165) is 30.3 Å². The maximum Gasteiger partial charge on any atom is 0.387 e. The summed E-state index contributed by atoms with van der Waals surface area (Å²) in [7, 11) is 0. The van der Waals surface area contributed by atoms with Crippen LogP contribution in [-0.2, 0) is 9.53 Å². The first-order valence-electron chi connectivity index (χ1n) is 9.89. The summed E-state index contributed by atoms with van der Waals surface area (Å²) in [6, 6.07) is 3.67. The maximum absolute atomic E-state index is 13.8. The van der Waals surface area contributed by atoms with E-state index in [-0.39, 0.29) is 0 Å². The molecular formula is C22H19F6NO6. The fraction of sp³-hybridized carbons (Fsp3) is 0.318. The molecule has 0 aliphatic rings. The van der Waals surface area contributed by atoms with Gasteiger partial charge < -0.3 is 19.5 Å². The van der Waals surface area contributed by atoms with Gasteiger partial charge in [0.1, 0.15) is 34.7 Å². The highest BCUT2D eigenvalue weighted by Crippen LogP contribution is 2.28. The number of hydrogen-bond donors (Lipinski definition) is 1. The van der Waals surface area contributed by atoms with E-state index < -0.39 is 83.7 Å². The molecule has 2 aromatic carbocycles. The summed E-state index contributed by atoms with van der Waals surface area (Å²) in [5.41, 5.74) is -1.46. The fourth-order valence-electron chi connectivity index (χ4n) is 2.83. The zero-order valence-electron chi connectivity index (χ0n) is 18.2. The molecule has 0 fully saturated rings. The normalized spacial score (nSPS) is 12.0. The van der Waals surface area contributed by atoms with Crippen molar-refractivity contribution < 1.29 is 54.9 Å². The first kappa shape index (κ1) is 27.5. The van der Waals surface area contributed by atoms with Gasteiger partial charge in [-0.15, -0.1) is 0 Å². The molecule has 1 amide bonds. The largest absolute Gasteiger partial charge is 0.456 e. The van der Waals surface area contributed by atoms with Gasteiger partial charge in [0.15, 0.2) is 6.61 Å². The number of ketones is 1. The van der Waals surface area contributed by atoms with Gasteiger partial charge in [0.25, 0.3) is 5.91 Å². The third kappa shape index (κ3) is 7.62. The molecule has 2 aromatic rings. The Hall–Kier alpha value is -3.77. The highest BCUT2D eigenvalue weighted by Gasteiger charge is 2.29. The average molecular weight is 507 g/mol. The molecule has 0 radical (unpaired) electrons. The standard InChI is InChI=1S/C22H19F6NO6/c1-10(2)18(29-19(31)17-13(23)4-3-5-14(17)24)20(32)33-9-15(30)12-7-6-11(34-21(25)26)8-16(12)35-22(27)28/h3-8,10,18,21-22H,9H2,1-2H3,(H,29,31)/t18-/m0/s1. The van der Waals surface area contributed by atoms with Crippen molar-refractivity contribution in [3.63, 3.8) is 0 Å². The van der Waals surface area contributed by atoms with Crippen molar-refractivity contribution in [1.82, 2.24) is 5.32 Å².